The van der Waals surface area contributed by atoms with E-state index in [1.54, 1.807) is 0 Å². The van der Waals surface area contributed by atoms with Gasteiger partial charge in [0, 0.05) is 34.8 Å². The number of piperidine rings is 1. The Balaban J connectivity index is 1.35. The van der Waals surface area contributed by atoms with Crippen LogP contribution in [-0.4, -0.2) is 39.3 Å². The number of fused-ring (bicyclic) bond motifs is 1. The number of nitrogens with one attached hydrogen (secondary N) is 1. The van der Waals surface area contributed by atoms with E-state index in [1.165, 1.54) is 32.4 Å². The minimum Gasteiger partial charge on any atom is -0.354 e. The third kappa shape index (κ3) is 4.06. The van der Waals surface area contributed by atoms with Gasteiger partial charge in [0.05, 0.1) is 18.4 Å². The highest BCUT2D eigenvalue weighted by Crippen LogP contribution is 2.26. The van der Waals surface area contributed by atoms with Crippen LogP contribution in [0.25, 0.3) is 33.3 Å². The van der Waals surface area contributed by atoms with Crippen LogP contribution in [-0.2, 0) is 6.54 Å². The maximum atomic E-state index is 12.8. The van der Waals surface area contributed by atoms with Gasteiger partial charge in [-0.1, -0.05) is 42.8 Å². The summed E-state index contributed by atoms with van der Waals surface area (Å²) >= 11 is 0. The molecule has 0 unspecified atom stereocenters. The first-order chi connectivity index (χ1) is 15.2. The first-order valence-electron chi connectivity index (χ1n) is 11.2. The van der Waals surface area contributed by atoms with Gasteiger partial charge in [-0.25, -0.2) is 0 Å². The van der Waals surface area contributed by atoms with Gasteiger partial charge >= 0.3 is 0 Å². The molecule has 0 saturated carbocycles. The zero-order valence-corrected chi connectivity index (χ0v) is 18.0. The van der Waals surface area contributed by atoms with Crippen LogP contribution in [0.2, 0.25) is 0 Å². The van der Waals surface area contributed by atoms with Crippen LogP contribution in [0.5, 0.6) is 0 Å². The highest BCUT2D eigenvalue weighted by Gasteiger charge is 2.12. The fraction of sp³-hybridized carbons (Fsp3) is 0.308. The molecule has 0 spiro atoms. The molecule has 158 valence electrons. The topological polar surface area (TPSA) is 53.9 Å². The molecule has 5 heteroatoms. The van der Waals surface area contributed by atoms with Gasteiger partial charge < -0.3 is 9.88 Å². The summed E-state index contributed by atoms with van der Waals surface area (Å²) in [6.45, 7) is 6.31. The van der Waals surface area contributed by atoms with Gasteiger partial charge in [-0.2, -0.15) is 5.10 Å². The van der Waals surface area contributed by atoms with Crippen molar-refractivity contribution < 1.29 is 0 Å². The summed E-state index contributed by atoms with van der Waals surface area (Å²) in [5.41, 5.74) is 5.85. The van der Waals surface area contributed by atoms with Crippen molar-refractivity contribution >= 4 is 10.9 Å². The molecule has 1 fully saturated rings. The van der Waals surface area contributed by atoms with E-state index in [0.717, 1.165) is 51.9 Å². The van der Waals surface area contributed by atoms with E-state index in [1.807, 2.05) is 42.1 Å². The third-order valence-electron chi connectivity index (χ3n) is 6.38. The van der Waals surface area contributed by atoms with Gasteiger partial charge in [0.25, 0.3) is 0 Å². The zero-order valence-electron chi connectivity index (χ0n) is 18.0. The van der Waals surface area contributed by atoms with Crippen molar-refractivity contribution in [3.05, 3.63) is 76.7 Å². The molecular weight excluding hydrogens is 384 g/mol. The number of hydrogen-bond acceptors (Lipinski definition) is 3. The number of para-hydroxylation sites is 1. The van der Waals surface area contributed by atoms with Crippen molar-refractivity contribution in [2.45, 2.75) is 32.7 Å². The van der Waals surface area contributed by atoms with Gasteiger partial charge in [0.2, 0.25) is 0 Å². The lowest BCUT2D eigenvalue weighted by atomic mass is 10.0. The third-order valence-corrected chi connectivity index (χ3v) is 6.38. The summed E-state index contributed by atoms with van der Waals surface area (Å²) < 4.78 is 2.04. The van der Waals surface area contributed by atoms with Crippen LogP contribution in [0.1, 0.15) is 24.8 Å². The van der Waals surface area contributed by atoms with E-state index in [9.17, 15) is 4.79 Å². The van der Waals surface area contributed by atoms with E-state index in [-0.39, 0.29) is 5.43 Å². The molecule has 0 atom stereocenters. The number of rotatable bonds is 5. The Morgan fingerprint density at radius 2 is 1.65 bits per heavy atom. The fourth-order valence-electron chi connectivity index (χ4n) is 4.51. The molecule has 0 radical (unpaired) electrons. The average Bonchev–Trinajstić information content (AvgIpc) is 3.30. The minimum absolute atomic E-state index is 0.0865. The average molecular weight is 413 g/mol. The molecule has 1 aliphatic heterocycles. The lowest BCUT2D eigenvalue weighted by molar-refractivity contribution is 0.218. The number of likely N-dealkylation sites (tertiary alicyclic amines) is 1. The highest BCUT2D eigenvalue weighted by molar-refractivity contribution is 5.83. The van der Waals surface area contributed by atoms with Gasteiger partial charge in [0.1, 0.15) is 0 Å². The first-order valence-corrected chi connectivity index (χ1v) is 11.2. The molecule has 5 nitrogen and oxygen atoms in total. The summed E-state index contributed by atoms with van der Waals surface area (Å²) in [6.07, 6.45) is 8.07. The van der Waals surface area contributed by atoms with Gasteiger partial charge in [-0.15, -0.1) is 0 Å². The number of benzene rings is 2. The van der Waals surface area contributed by atoms with E-state index < -0.39 is 0 Å². The van der Waals surface area contributed by atoms with E-state index >= 15 is 0 Å². The number of aromatic nitrogens is 3. The molecule has 1 saturated heterocycles. The molecule has 0 amide bonds. The van der Waals surface area contributed by atoms with Crippen LogP contribution in [0.3, 0.4) is 0 Å². The van der Waals surface area contributed by atoms with Gasteiger partial charge in [0.15, 0.2) is 5.43 Å². The lowest BCUT2D eigenvalue weighted by Crippen LogP contribution is -2.32. The fourth-order valence-corrected chi connectivity index (χ4v) is 4.51. The second-order valence-electron chi connectivity index (χ2n) is 8.47. The molecule has 3 heterocycles. The Bertz CT molecular complexity index is 1250. The SMILES string of the molecule is Cc1c(-c2ccc(-c3cnn(CCN4CCCCC4)c3)cc2)[nH]c2ccccc2c1=O. The Labute approximate surface area is 182 Å². The summed E-state index contributed by atoms with van der Waals surface area (Å²) in [7, 11) is 0. The lowest BCUT2D eigenvalue weighted by Gasteiger charge is -2.26. The molecule has 1 N–H and O–H groups in total. The van der Waals surface area contributed by atoms with E-state index in [2.05, 4.69) is 45.4 Å². The standard InChI is InChI=1S/C26H28N4O/c1-19-25(28-24-8-4-3-7-23(24)26(19)31)21-11-9-20(10-12-21)22-17-27-30(18-22)16-15-29-13-5-2-6-14-29/h3-4,7-12,17-18H,2,5-6,13-16H2,1H3,(H,28,31). The summed E-state index contributed by atoms with van der Waals surface area (Å²) in [6, 6.07) is 16.0. The van der Waals surface area contributed by atoms with E-state index in [4.69, 9.17) is 0 Å². The maximum Gasteiger partial charge on any atom is 0.192 e. The van der Waals surface area contributed by atoms with Crippen molar-refractivity contribution in [3.63, 3.8) is 0 Å². The number of nitrogens with zero attached hydrogens (tertiary/aromatic N) is 3. The Hall–Kier alpha value is -3.18. The minimum atomic E-state index is 0.0865. The Kier molecular flexibility index (Phi) is 5.43. The van der Waals surface area contributed by atoms with Gasteiger partial charge in [-0.05, 0) is 56.1 Å². The summed E-state index contributed by atoms with van der Waals surface area (Å²) in [5.74, 6) is 0. The van der Waals surface area contributed by atoms with Crippen LogP contribution in [0.4, 0.5) is 0 Å². The second-order valence-corrected chi connectivity index (χ2v) is 8.47. The first kappa shape index (κ1) is 19.8. The molecule has 0 aliphatic carbocycles. The predicted molar refractivity (Wildman–Crippen MR) is 126 cm³/mol. The maximum absolute atomic E-state index is 12.8. The van der Waals surface area contributed by atoms with Crippen LogP contribution in [0, 0.1) is 6.92 Å². The van der Waals surface area contributed by atoms with Crippen LogP contribution < -0.4 is 5.43 Å². The smallest absolute Gasteiger partial charge is 0.192 e. The Morgan fingerprint density at radius 1 is 0.903 bits per heavy atom. The number of hydrogen-bond donors (Lipinski definition) is 1. The normalized spacial score (nSPS) is 14.9. The Morgan fingerprint density at radius 3 is 2.45 bits per heavy atom. The quantitative estimate of drug-likeness (QED) is 0.510. The van der Waals surface area contributed by atoms with Crippen molar-refractivity contribution in [1.82, 2.24) is 19.7 Å². The monoisotopic (exact) mass is 412 g/mol. The summed E-state index contributed by atoms with van der Waals surface area (Å²) in [5, 5.41) is 5.29. The number of aromatic amines is 1. The van der Waals surface area contributed by atoms with Gasteiger partial charge in [-0.3, -0.25) is 9.48 Å². The largest absolute Gasteiger partial charge is 0.354 e. The molecular formula is C26H28N4O. The molecule has 2 aromatic heterocycles. The molecule has 0 bridgehead atoms. The van der Waals surface area contributed by atoms with Crippen molar-refractivity contribution in [2.75, 3.05) is 19.6 Å². The van der Waals surface area contributed by atoms with E-state index in [0.29, 0.717) is 0 Å². The summed E-state index contributed by atoms with van der Waals surface area (Å²) in [4.78, 5) is 18.7. The zero-order chi connectivity index (χ0) is 21.2. The number of H-pyrrole nitrogens is 1. The molecule has 1 aliphatic rings. The molecule has 31 heavy (non-hydrogen) atoms. The highest BCUT2D eigenvalue weighted by atomic mass is 16.1. The molecule has 2 aromatic carbocycles. The molecule has 4 aromatic rings. The van der Waals surface area contributed by atoms with Crippen molar-refractivity contribution in [1.29, 1.82) is 0 Å². The number of pyridine rings is 1. The second kappa shape index (κ2) is 8.52. The molecule has 5 rings (SSSR count). The predicted octanol–water partition coefficient (Wildman–Crippen LogP) is 4.85. The van der Waals surface area contributed by atoms with Crippen LogP contribution >= 0.6 is 0 Å². The van der Waals surface area contributed by atoms with Crippen molar-refractivity contribution in [2.24, 2.45) is 0 Å². The van der Waals surface area contributed by atoms with Crippen LogP contribution in [0.15, 0.2) is 65.7 Å². The van der Waals surface area contributed by atoms with Crippen molar-refractivity contribution in [3.8, 4) is 22.4 Å².